The van der Waals surface area contributed by atoms with Gasteiger partial charge in [-0.1, -0.05) is 6.92 Å². The van der Waals surface area contributed by atoms with E-state index in [9.17, 15) is 9.59 Å². The first-order valence-corrected chi connectivity index (χ1v) is 6.05. The van der Waals surface area contributed by atoms with E-state index in [1.54, 1.807) is 11.8 Å². The summed E-state index contributed by atoms with van der Waals surface area (Å²) in [6, 6.07) is 0. The van der Waals surface area contributed by atoms with Gasteiger partial charge in [-0.25, -0.2) is 4.79 Å². The lowest BCUT2D eigenvalue weighted by atomic mass is 10.3. The molecule has 1 aromatic rings. The average Bonchev–Trinajstić information content (AvgIpc) is 2.29. The maximum absolute atomic E-state index is 11.8. The minimum absolute atomic E-state index is 0.0792. The Bertz CT molecular complexity index is 500. The smallest absolute Gasteiger partial charge is 0.330 e. The highest BCUT2D eigenvalue weighted by Gasteiger charge is 2.17. The van der Waals surface area contributed by atoms with Gasteiger partial charge in [0.15, 0.2) is 0 Å². The number of aliphatic hydroxyl groups is 1. The first-order valence-electron chi connectivity index (χ1n) is 6.05. The predicted molar refractivity (Wildman–Crippen MR) is 71.0 cm³/mol. The standard InChI is InChI=1S/C11H20N4O3/c1-3-5-14(6-7-16)8-9(12)15(4-2)11(18)13-10(8)17/h16H,3-7,12H2,1-2H3,(H,13,17,18). The van der Waals surface area contributed by atoms with Gasteiger partial charge < -0.3 is 15.7 Å². The number of hydrogen-bond donors (Lipinski definition) is 3. The first-order chi connectivity index (χ1) is 8.56. The van der Waals surface area contributed by atoms with Crippen molar-refractivity contribution in [3.05, 3.63) is 20.8 Å². The van der Waals surface area contributed by atoms with Gasteiger partial charge in [0.1, 0.15) is 11.5 Å². The summed E-state index contributed by atoms with van der Waals surface area (Å²) in [7, 11) is 0. The van der Waals surface area contributed by atoms with Crippen molar-refractivity contribution in [1.29, 1.82) is 0 Å². The van der Waals surface area contributed by atoms with Gasteiger partial charge in [0, 0.05) is 19.6 Å². The van der Waals surface area contributed by atoms with Crippen molar-refractivity contribution in [1.82, 2.24) is 9.55 Å². The van der Waals surface area contributed by atoms with Crippen LogP contribution in [0.25, 0.3) is 0 Å². The summed E-state index contributed by atoms with van der Waals surface area (Å²) in [5, 5.41) is 9.02. The average molecular weight is 256 g/mol. The van der Waals surface area contributed by atoms with Gasteiger partial charge in [0.25, 0.3) is 5.56 Å². The van der Waals surface area contributed by atoms with Crippen LogP contribution in [0.2, 0.25) is 0 Å². The quantitative estimate of drug-likeness (QED) is 0.627. The molecule has 0 saturated heterocycles. The number of nitrogens with zero attached hydrogens (tertiary/aromatic N) is 2. The highest BCUT2D eigenvalue weighted by atomic mass is 16.3. The zero-order chi connectivity index (χ0) is 13.7. The molecule has 0 aliphatic rings. The fourth-order valence-corrected chi connectivity index (χ4v) is 1.92. The normalized spacial score (nSPS) is 10.6. The number of nitrogen functional groups attached to an aromatic ring is 1. The van der Waals surface area contributed by atoms with Crippen LogP contribution in [-0.2, 0) is 6.54 Å². The Morgan fingerprint density at radius 3 is 2.50 bits per heavy atom. The van der Waals surface area contributed by atoms with Gasteiger partial charge in [0.05, 0.1) is 6.61 Å². The van der Waals surface area contributed by atoms with Crippen LogP contribution in [0, 0.1) is 0 Å². The van der Waals surface area contributed by atoms with Crippen molar-refractivity contribution in [2.75, 3.05) is 30.3 Å². The molecule has 0 fully saturated rings. The van der Waals surface area contributed by atoms with Crippen LogP contribution in [0.15, 0.2) is 9.59 Å². The third kappa shape index (κ3) is 2.73. The fraction of sp³-hybridized carbons (Fsp3) is 0.636. The number of aromatic nitrogens is 2. The zero-order valence-electron chi connectivity index (χ0n) is 10.8. The van der Waals surface area contributed by atoms with E-state index in [0.29, 0.717) is 19.6 Å². The molecule has 0 bridgehead atoms. The van der Waals surface area contributed by atoms with Crippen molar-refractivity contribution in [2.24, 2.45) is 0 Å². The number of aliphatic hydroxyl groups excluding tert-OH is 1. The van der Waals surface area contributed by atoms with Crippen LogP contribution >= 0.6 is 0 Å². The maximum Gasteiger partial charge on any atom is 0.330 e. The van der Waals surface area contributed by atoms with E-state index in [2.05, 4.69) is 4.98 Å². The molecule has 0 saturated carbocycles. The van der Waals surface area contributed by atoms with Crippen molar-refractivity contribution in [2.45, 2.75) is 26.8 Å². The second-order valence-corrected chi connectivity index (χ2v) is 3.95. The molecule has 18 heavy (non-hydrogen) atoms. The van der Waals surface area contributed by atoms with E-state index < -0.39 is 11.2 Å². The molecule has 1 heterocycles. The topological polar surface area (TPSA) is 104 Å². The highest BCUT2D eigenvalue weighted by Crippen LogP contribution is 2.16. The third-order valence-corrected chi connectivity index (χ3v) is 2.71. The van der Waals surface area contributed by atoms with Crippen molar-refractivity contribution >= 4 is 11.5 Å². The molecular formula is C11H20N4O3. The highest BCUT2D eigenvalue weighted by molar-refractivity contribution is 5.62. The number of H-pyrrole nitrogens is 1. The number of hydrogen-bond acceptors (Lipinski definition) is 5. The van der Waals surface area contributed by atoms with Crippen LogP contribution in [-0.4, -0.2) is 34.4 Å². The number of aromatic amines is 1. The van der Waals surface area contributed by atoms with Crippen molar-refractivity contribution < 1.29 is 5.11 Å². The van der Waals surface area contributed by atoms with Gasteiger partial charge in [-0.15, -0.1) is 0 Å². The Kier molecular flexibility index (Phi) is 4.96. The SMILES string of the molecule is CCCN(CCO)c1c(N)n(CC)c(=O)[nH]c1=O. The molecule has 0 unspecified atom stereocenters. The van der Waals surface area contributed by atoms with Crippen molar-refractivity contribution in [3.8, 4) is 0 Å². The largest absolute Gasteiger partial charge is 0.395 e. The summed E-state index contributed by atoms with van der Waals surface area (Å²) in [5.74, 6) is 0.146. The zero-order valence-corrected chi connectivity index (χ0v) is 10.8. The fourth-order valence-electron chi connectivity index (χ4n) is 1.92. The molecule has 7 nitrogen and oxygen atoms in total. The minimum Gasteiger partial charge on any atom is -0.395 e. The van der Waals surface area contributed by atoms with Crippen LogP contribution in [0.4, 0.5) is 11.5 Å². The van der Waals surface area contributed by atoms with Gasteiger partial charge >= 0.3 is 5.69 Å². The van der Waals surface area contributed by atoms with Crippen LogP contribution in [0.3, 0.4) is 0 Å². The summed E-state index contributed by atoms with van der Waals surface area (Å²) < 4.78 is 1.30. The molecule has 102 valence electrons. The molecule has 0 spiro atoms. The second-order valence-electron chi connectivity index (χ2n) is 3.95. The Morgan fingerprint density at radius 2 is 2.00 bits per heavy atom. The molecule has 0 amide bonds. The summed E-state index contributed by atoms with van der Waals surface area (Å²) in [6.45, 7) is 4.94. The van der Waals surface area contributed by atoms with E-state index in [4.69, 9.17) is 10.8 Å². The van der Waals surface area contributed by atoms with Gasteiger partial charge in [0.2, 0.25) is 0 Å². The van der Waals surface area contributed by atoms with Crippen LogP contribution in [0.1, 0.15) is 20.3 Å². The molecule has 0 atom stereocenters. The second kappa shape index (κ2) is 6.25. The van der Waals surface area contributed by atoms with Gasteiger partial charge in [-0.3, -0.25) is 14.3 Å². The molecule has 7 heteroatoms. The molecule has 1 rings (SSSR count). The Labute approximate surface area is 105 Å². The lowest BCUT2D eigenvalue weighted by molar-refractivity contribution is 0.301. The van der Waals surface area contributed by atoms with Crippen LogP contribution in [0.5, 0.6) is 0 Å². The first kappa shape index (κ1) is 14.3. The molecule has 0 aliphatic carbocycles. The summed E-state index contributed by atoms with van der Waals surface area (Å²) in [5.41, 5.74) is 5.11. The predicted octanol–water partition coefficient (Wildman–Crippen LogP) is -0.653. The Hall–Kier alpha value is -1.76. The van der Waals surface area contributed by atoms with E-state index in [-0.39, 0.29) is 18.1 Å². The number of nitrogens with two attached hydrogens (primary N) is 1. The summed E-state index contributed by atoms with van der Waals surface area (Å²) in [4.78, 5) is 27.3. The number of anilines is 2. The lowest BCUT2D eigenvalue weighted by Crippen LogP contribution is -2.39. The van der Waals surface area contributed by atoms with E-state index in [1.807, 2.05) is 6.92 Å². The molecule has 0 radical (unpaired) electrons. The molecule has 4 N–H and O–H groups in total. The number of rotatable bonds is 6. The monoisotopic (exact) mass is 256 g/mol. The summed E-state index contributed by atoms with van der Waals surface area (Å²) >= 11 is 0. The van der Waals surface area contributed by atoms with Crippen LogP contribution < -0.4 is 21.9 Å². The number of nitrogens with one attached hydrogen (secondary N) is 1. The molecular weight excluding hydrogens is 236 g/mol. The van der Waals surface area contributed by atoms with E-state index in [1.165, 1.54) is 4.57 Å². The van der Waals surface area contributed by atoms with E-state index in [0.717, 1.165) is 6.42 Å². The Balaban J connectivity index is 3.37. The van der Waals surface area contributed by atoms with Gasteiger partial charge in [-0.2, -0.15) is 0 Å². The minimum atomic E-state index is -0.510. The molecule has 1 aromatic heterocycles. The molecule has 0 aromatic carbocycles. The Morgan fingerprint density at radius 1 is 1.33 bits per heavy atom. The van der Waals surface area contributed by atoms with Gasteiger partial charge in [-0.05, 0) is 13.3 Å². The maximum atomic E-state index is 11.8. The summed E-state index contributed by atoms with van der Waals surface area (Å²) in [6.07, 6.45) is 0.810. The van der Waals surface area contributed by atoms with E-state index >= 15 is 0 Å². The lowest BCUT2D eigenvalue weighted by Gasteiger charge is -2.24. The molecule has 0 aliphatic heterocycles. The third-order valence-electron chi connectivity index (χ3n) is 2.71. The van der Waals surface area contributed by atoms with Crippen molar-refractivity contribution in [3.63, 3.8) is 0 Å².